The van der Waals surface area contributed by atoms with Crippen LogP contribution in [0.5, 0.6) is 0 Å². The highest BCUT2D eigenvalue weighted by Crippen LogP contribution is 2.32. The maximum Gasteiger partial charge on any atom is 0.211 e. The molecule has 1 heterocycles. The summed E-state index contributed by atoms with van der Waals surface area (Å²) >= 11 is 1.76. The number of ketones is 1. The van der Waals surface area contributed by atoms with Crippen molar-refractivity contribution in [3.63, 3.8) is 0 Å². The molecule has 102 valence electrons. The van der Waals surface area contributed by atoms with Crippen molar-refractivity contribution in [2.45, 2.75) is 18.8 Å². The van der Waals surface area contributed by atoms with Gasteiger partial charge in [-0.1, -0.05) is 30.3 Å². The lowest BCUT2D eigenvalue weighted by Crippen LogP contribution is -2.27. The molecule has 0 spiro atoms. The highest BCUT2D eigenvalue weighted by atomic mass is 32.2. The van der Waals surface area contributed by atoms with Crippen LogP contribution in [-0.4, -0.2) is 28.8 Å². The smallest absolute Gasteiger partial charge is 0.211 e. The standard InChI is InChI=1S/C14H17NO3S/c16-14-7-9-19-8-6-12(14)13(10-15(17)18)11-4-2-1-3-5-11/h1-5,12-13H,6-10H2/t12-,13-/m1/s1. The summed E-state index contributed by atoms with van der Waals surface area (Å²) < 4.78 is 0. The summed E-state index contributed by atoms with van der Waals surface area (Å²) in [6.45, 7) is -0.162. The van der Waals surface area contributed by atoms with Gasteiger partial charge in [0.25, 0.3) is 0 Å². The van der Waals surface area contributed by atoms with Crippen LogP contribution in [0.1, 0.15) is 24.3 Å². The first-order valence-corrected chi connectivity index (χ1v) is 7.61. The molecule has 1 saturated heterocycles. The second kappa shape index (κ2) is 6.70. The second-order valence-corrected chi connectivity index (χ2v) is 5.98. The van der Waals surface area contributed by atoms with Crippen LogP contribution in [-0.2, 0) is 4.79 Å². The van der Waals surface area contributed by atoms with Crippen LogP contribution in [0.2, 0.25) is 0 Å². The first-order valence-electron chi connectivity index (χ1n) is 6.45. The zero-order valence-corrected chi connectivity index (χ0v) is 11.5. The van der Waals surface area contributed by atoms with E-state index in [0.29, 0.717) is 6.42 Å². The average molecular weight is 279 g/mol. The normalized spacial score (nSPS) is 21.7. The Balaban J connectivity index is 2.25. The number of carbonyl (C=O) groups excluding carboxylic acids is 1. The van der Waals surface area contributed by atoms with Crippen LogP contribution in [0.3, 0.4) is 0 Å². The van der Waals surface area contributed by atoms with E-state index in [1.54, 1.807) is 11.8 Å². The molecule has 19 heavy (non-hydrogen) atoms. The van der Waals surface area contributed by atoms with Crippen LogP contribution in [0.4, 0.5) is 0 Å². The Morgan fingerprint density at radius 3 is 2.74 bits per heavy atom. The Bertz CT molecular complexity index is 449. The fourth-order valence-corrected chi connectivity index (χ4v) is 3.55. The molecule has 0 N–H and O–H groups in total. The fraction of sp³-hybridized carbons (Fsp3) is 0.500. The Morgan fingerprint density at radius 2 is 2.05 bits per heavy atom. The summed E-state index contributed by atoms with van der Waals surface area (Å²) in [7, 11) is 0. The molecule has 0 unspecified atom stereocenters. The van der Waals surface area contributed by atoms with Gasteiger partial charge in [0.2, 0.25) is 6.54 Å². The van der Waals surface area contributed by atoms with E-state index in [9.17, 15) is 14.9 Å². The number of Topliss-reactive ketones (excluding diaryl/α,β-unsaturated/α-hetero) is 1. The number of thioether (sulfide) groups is 1. The van der Waals surface area contributed by atoms with Gasteiger partial charge < -0.3 is 0 Å². The summed E-state index contributed by atoms with van der Waals surface area (Å²) in [6, 6.07) is 9.41. The molecule has 1 aliphatic rings. The molecule has 1 aromatic carbocycles. The zero-order valence-electron chi connectivity index (χ0n) is 10.7. The van der Waals surface area contributed by atoms with E-state index >= 15 is 0 Å². The minimum Gasteiger partial charge on any atom is -0.299 e. The minimum absolute atomic E-state index is 0.162. The molecule has 5 heteroatoms. The number of hydrogen-bond donors (Lipinski definition) is 0. The lowest BCUT2D eigenvalue weighted by molar-refractivity contribution is -0.484. The molecule has 4 nitrogen and oxygen atoms in total. The van der Waals surface area contributed by atoms with Crippen molar-refractivity contribution in [2.75, 3.05) is 18.1 Å². The van der Waals surface area contributed by atoms with Gasteiger partial charge in [-0.25, -0.2) is 0 Å². The number of hydrogen-bond acceptors (Lipinski definition) is 4. The largest absolute Gasteiger partial charge is 0.299 e. The molecule has 1 aromatic rings. The third-order valence-electron chi connectivity index (χ3n) is 3.54. The molecule has 0 amide bonds. The predicted molar refractivity (Wildman–Crippen MR) is 76.1 cm³/mol. The van der Waals surface area contributed by atoms with E-state index in [2.05, 4.69) is 0 Å². The van der Waals surface area contributed by atoms with E-state index < -0.39 is 0 Å². The zero-order chi connectivity index (χ0) is 13.7. The van der Waals surface area contributed by atoms with E-state index in [4.69, 9.17) is 0 Å². The van der Waals surface area contributed by atoms with Crippen LogP contribution in [0.15, 0.2) is 30.3 Å². The summed E-state index contributed by atoms with van der Waals surface area (Å²) in [4.78, 5) is 22.8. The van der Waals surface area contributed by atoms with Crippen molar-refractivity contribution in [3.05, 3.63) is 46.0 Å². The van der Waals surface area contributed by atoms with Crippen molar-refractivity contribution in [2.24, 2.45) is 5.92 Å². The molecule has 0 saturated carbocycles. The Labute approximate surface area is 116 Å². The first kappa shape index (κ1) is 14.1. The van der Waals surface area contributed by atoms with Gasteiger partial charge in [-0.05, 0) is 17.7 Å². The van der Waals surface area contributed by atoms with E-state index in [1.807, 2.05) is 30.3 Å². The van der Waals surface area contributed by atoms with E-state index in [-0.39, 0.29) is 29.1 Å². The van der Waals surface area contributed by atoms with Crippen molar-refractivity contribution in [3.8, 4) is 0 Å². The molecule has 1 fully saturated rings. The van der Waals surface area contributed by atoms with E-state index in [1.165, 1.54) is 0 Å². The van der Waals surface area contributed by atoms with Gasteiger partial charge >= 0.3 is 0 Å². The van der Waals surface area contributed by atoms with Crippen LogP contribution >= 0.6 is 11.8 Å². The molecular weight excluding hydrogens is 262 g/mol. The SMILES string of the molecule is O=C1CCSCC[C@@H]1[C@H](C[N+](=O)[O-])c1ccccc1. The van der Waals surface area contributed by atoms with Gasteiger partial charge in [-0.2, -0.15) is 11.8 Å². The summed E-state index contributed by atoms with van der Waals surface area (Å²) in [5.41, 5.74) is 0.907. The van der Waals surface area contributed by atoms with Gasteiger partial charge in [0.1, 0.15) is 5.78 Å². The monoisotopic (exact) mass is 279 g/mol. The molecule has 0 aliphatic carbocycles. The highest BCUT2D eigenvalue weighted by molar-refractivity contribution is 7.99. The highest BCUT2D eigenvalue weighted by Gasteiger charge is 2.33. The average Bonchev–Trinajstić information content (AvgIpc) is 2.62. The van der Waals surface area contributed by atoms with Gasteiger partial charge in [0.15, 0.2) is 0 Å². The number of benzene rings is 1. The van der Waals surface area contributed by atoms with Gasteiger partial charge in [-0.15, -0.1) is 0 Å². The minimum atomic E-state index is -0.303. The molecule has 0 aromatic heterocycles. The number of carbonyl (C=O) groups is 1. The lowest BCUT2D eigenvalue weighted by atomic mass is 9.81. The molecule has 1 aliphatic heterocycles. The number of nitrogens with zero attached hydrogens (tertiary/aromatic N) is 1. The quantitative estimate of drug-likeness (QED) is 0.628. The van der Waals surface area contributed by atoms with E-state index in [0.717, 1.165) is 23.5 Å². The topological polar surface area (TPSA) is 60.2 Å². The molecule has 2 atom stereocenters. The van der Waals surface area contributed by atoms with Gasteiger partial charge in [-0.3, -0.25) is 14.9 Å². The van der Waals surface area contributed by atoms with Crippen molar-refractivity contribution in [1.82, 2.24) is 0 Å². The fourth-order valence-electron chi connectivity index (χ4n) is 2.58. The summed E-state index contributed by atoms with van der Waals surface area (Å²) in [5.74, 6) is 1.44. The lowest BCUT2D eigenvalue weighted by Gasteiger charge is -2.22. The van der Waals surface area contributed by atoms with Gasteiger partial charge in [0.05, 0.1) is 5.92 Å². The van der Waals surface area contributed by atoms with Crippen molar-refractivity contribution >= 4 is 17.5 Å². The summed E-state index contributed by atoms with van der Waals surface area (Å²) in [6.07, 6.45) is 1.29. The summed E-state index contributed by atoms with van der Waals surface area (Å²) in [5, 5.41) is 10.9. The molecule has 2 rings (SSSR count). The van der Waals surface area contributed by atoms with Gasteiger partial charge in [0, 0.05) is 23.0 Å². The maximum atomic E-state index is 12.2. The van der Waals surface area contributed by atoms with Crippen LogP contribution < -0.4 is 0 Å². The molecule has 0 bridgehead atoms. The number of rotatable bonds is 4. The Hall–Kier alpha value is -1.36. The van der Waals surface area contributed by atoms with Crippen molar-refractivity contribution in [1.29, 1.82) is 0 Å². The Morgan fingerprint density at radius 1 is 1.32 bits per heavy atom. The Kier molecular flexibility index (Phi) is 4.96. The molecule has 0 radical (unpaired) electrons. The second-order valence-electron chi connectivity index (χ2n) is 4.76. The van der Waals surface area contributed by atoms with Crippen molar-refractivity contribution < 1.29 is 9.72 Å². The van der Waals surface area contributed by atoms with Crippen LogP contribution in [0.25, 0.3) is 0 Å². The van der Waals surface area contributed by atoms with Crippen LogP contribution in [0, 0.1) is 16.0 Å². The maximum absolute atomic E-state index is 12.2. The molecular formula is C14H17NO3S. The number of nitro groups is 1. The third kappa shape index (κ3) is 3.80. The first-order chi connectivity index (χ1) is 9.18. The predicted octanol–water partition coefficient (Wildman–Crippen LogP) is 2.76. The third-order valence-corrected chi connectivity index (χ3v) is 4.56.